The average molecular weight is 282 g/mol. The molecule has 0 aliphatic carbocycles. The zero-order valence-corrected chi connectivity index (χ0v) is 12.5. The minimum Gasteiger partial charge on any atom is -0.369 e. The normalized spacial score (nSPS) is 29.4. The molecule has 0 aromatic heterocycles. The standard InChI is InChI=1S/C18H22N2O/c1-11-9-12(2)20-17(16(11)18(19)21)15-8-7-13-5-3-4-6-14(13)10-15/h3-8,10-12,16-17,20H,9H2,1-2H3,(H2,19,21). The molecule has 0 saturated carbocycles. The molecule has 3 rings (SSSR count). The van der Waals surface area contributed by atoms with E-state index in [0.717, 1.165) is 12.0 Å². The van der Waals surface area contributed by atoms with Gasteiger partial charge < -0.3 is 11.1 Å². The van der Waals surface area contributed by atoms with Crippen molar-refractivity contribution in [3.8, 4) is 0 Å². The van der Waals surface area contributed by atoms with Crippen molar-refractivity contribution in [1.29, 1.82) is 0 Å². The number of hydrogen-bond acceptors (Lipinski definition) is 2. The smallest absolute Gasteiger partial charge is 0.222 e. The second-order valence-corrected chi connectivity index (χ2v) is 6.29. The minimum absolute atomic E-state index is 0.00542. The lowest BCUT2D eigenvalue weighted by Crippen LogP contribution is -2.49. The van der Waals surface area contributed by atoms with Gasteiger partial charge in [0.1, 0.15) is 0 Å². The van der Waals surface area contributed by atoms with Crippen molar-refractivity contribution < 1.29 is 4.79 Å². The monoisotopic (exact) mass is 282 g/mol. The number of carbonyl (C=O) groups is 1. The average Bonchev–Trinajstić information content (AvgIpc) is 2.45. The van der Waals surface area contributed by atoms with Crippen LogP contribution >= 0.6 is 0 Å². The van der Waals surface area contributed by atoms with E-state index in [0.29, 0.717) is 12.0 Å². The molecule has 3 nitrogen and oxygen atoms in total. The summed E-state index contributed by atoms with van der Waals surface area (Å²) in [4.78, 5) is 11.9. The molecular weight excluding hydrogens is 260 g/mol. The Morgan fingerprint density at radius 1 is 1.14 bits per heavy atom. The first kappa shape index (κ1) is 14.1. The summed E-state index contributed by atoms with van der Waals surface area (Å²) in [6.07, 6.45) is 0.984. The minimum atomic E-state index is -0.208. The van der Waals surface area contributed by atoms with Crippen LogP contribution in [0.4, 0.5) is 0 Å². The van der Waals surface area contributed by atoms with Crippen molar-refractivity contribution in [3.05, 3.63) is 48.0 Å². The lowest BCUT2D eigenvalue weighted by atomic mass is 9.76. The van der Waals surface area contributed by atoms with Crippen LogP contribution in [0.2, 0.25) is 0 Å². The second-order valence-electron chi connectivity index (χ2n) is 6.29. The number of fused-ring (bicyclic) bond motifs is 1. The molecule has 1 aliphatic heterocycles. The number of piperidine rings is 1. The molecular formula is C18H22N2O. The molecule has 1 saturated heterocycles. The lowest BCUT2D eigenvalue weighted by Gasteiger charge is -2.39. The van der Waals surface area contributed by atoms with Gasteiger partial charge in [0.15, 0.2) is 0 Å². The van der Waals surface area contributed by atoms with Crippen LogP contribution in [-0.2, 0) is 4.79 Å². The van der Waals surface area contributed by atoms with E-state index >= 15 is 0 Å². The van der Waals surface area contributed by atoms with Crippen LogP contribution < -0.4 is 11.1 Å². The summed E-state index contributed by atoms with van der Waals surface area (Å²) in [6.45, 7) is 4.29. The number of rotatable bonds is 2. The van der Waals surface area contributed by atoms with Crippen molar-refractivity contribution in [2.45, 2.75) is 32.4 Å². The van der Waals surface area contributed by atoms with Gasteiger partial charge in [0.25, 0.3) is 0 Å². The molecule has 0 bridgehead atoms. The fraction of sp³-hybridized carbons (Fsp3) is 0.389. The Balaban J connectivity index is 2.03. The van der Waals surface area contributed by atoms with Gasteiger partial charge in [-0.1, -0.05) is 43.3 Å². The first-order chi connectivity index (χ1) is 10.1. The SMILES string of the molecule is CC1CC(C)C(C(N)=O)C(c2ccc3ccccc3c2)N1. The largest absolute Gasteiger partial charge is 0.369 e. The van der Waals surface area contributed by atoms with Gasteiger partial charge in [-0.2, -0.15) is 0 Å². The third-order valence-corrected chi connectivity index (χ3v) is 4.62. The molecule has 2 aromatic rings. The van der Waals surface area contributed by atoms with Gasteiger partial charge in [0.2, 0.25) is 5.91 Å². The van der Waals surface area contributed by atoms with Gasteiger partial charge in [0, 0.05) is 12.1 Å². The predicted octanol–water partition coefficient (Wildman–Crippen LogP) is 3.00. The van der Waals surface area contributed by atoms with Crippen molar-refractivity contribution in [2.75, 3.05) is 0 Å². The van der Waals surface area contributed by atoms with Gasteiger partial charge in [0.05, 0.1) is 5.92 Å². The van der Waals surface area contributed by atoms with E-state index in [9.17, 15) is 4.79 Å². The molecule has 2 aromatic carbocycles. The van der Waals surface area contributed by atoms with Crippen molar-refractivity contribution in [2.24, 2.45) is 17.6 Å². The van der Waals surface area contributed by atoms with Crippen molar-refractivity contribution in [3.63, 3.8) is 0 Å². The van der Waals surface area contributed by atoms with Crippen LogP contribution in [0.15, 0.2) is 42.5 Å². The highest BCUT2D eigenvalue weighted by atomic mass is 16.1. The summed E-state index contributed by atoms with van der Waals surface area (Å²) in [5.41, 5.74) is 6.81. The van der Waals surface area contributed by atoms with Gasteiger partial charge in [-0.3, -0.25) is 4.79 Å². The highest BCUT2D eigenvalue weighted by molar-refractivity contribution is 5.84. The van der Waals surface area contributed by atoms with Crippen molar-refractivity contribution in [1.82, 2.24) is 5.32 Å². The number of nitrogens with two attached hydrogens (primary N) is 1. The Labute approximate surface area is 125 Å². The first-order valence-electron chi connectivity index (χ1n) is 7.60. The summed E-state index contributed by atoms with van der Waals surface area (Å²) in [6, 6.07) is 15.1. The predicted molar refractivity (Wildman–Crippen MR) is 85.8 cm³/mol. The number of benzene rings is 2. The van der Waals surface area contributed by atoms with E-state index < -0.39 is 0 Å². The molecule has 4 unspecified atom stereocenters. The summed E-state index contributed by atoms with van der Waals surface area (Å²) in [7, 11) is 0. The topological polar surface area (TPSA) is 55.1 Å². The maximum atomic E-state index is 11.9. The van der Waals surface area contributed by atoms with E-state index in [1.807, 2.05) is 12.1 Å². The second kappa shape index (κ2) is 5.49. The zero-order valence-electron chi connectivity index (χ0n) is 12.5. The first-order valence-corrected chi connectivity index (χ1v) is 7.60. The zero-order chi connectivity index (χ0) is 15.0. The molecule has 0 spiro atoms. The van der Waals surface area contributed by atoms with Crippen LogP contribution in [0.3, 0.4) is 0 Å². The van der Waals surface area contributed by atoms with Crippen LogP contribution in [0.5, 0.6) is 0 Å². The van der Waals surface area contributed by atoms with Gasteiger partial charge in [-0.25, -0.2) is 0 Å². The Kier molecular flexibility index (Phi) is 3.68. The maximum absolute atomic E-state index is 11.9. The summed E-state index contributed by atoms with van der Waals surface area (Å²) in [5, 5.41) is 5.97. The Bertz CT molecular complexity index is 667. The van der Waals surface area contributed by atoms with Crippen molar-refractivity contribution >= 4 is 16.7 Å². The number of hydrogen-bond donors (Lipinski definition) is 2. The molecule has 1 fully saturated rings. The molecule has 21 heavy (non-hydrogen) atoms. The molecule has 1 amide bonds. The Hall–Kier alpha value is -1.87. The van der Waals surface area contributed by atoms with E-state index in [-0.39, 0.29) is 17.9 Å². The van der Waals surface area contributed by atoms with Crippen LogP contribution in [-0.4, -0.2) is 11.9 Å². The van der Waals surface area contributed by atoms with E-state index in [1.165, 1.54) is 10.8 Å². The quantitative estimate of drug-likeness (QED) is 0.889. The van der Waals surface area contributed by atoms with Gasteiger partial charge >= 0.3 is 0 Å². The maximum Gasteiger partial charge on any atom is 0.222 e. The fourth-order valence-electron chi connectivity index (χ4n) is 3.66. The summed E-state index contributed by atoms with van der Waals surface area (Å²) < 4.78 is 0. The molecule has 1 heterocycles. The molecule has 1 aliphatic rings. The van der Waals surface area contributed by atoms with Crippen LogP contribution in [0.25, 0.3) is 10.8 Å². The number of carbonyl (C=O) groups excluding carboxylic acids is 1. The Morgan fingerprint density at radius 2 is 1.86 bits per heavy atom. The lowest BCUT2D eigenvalue weighted by molar-refractivity contribution is -0.125. The summed E-state index contributed by atoms with van der Waals surface area (Å²) >= 11 is 0. The third-order valence-electron chi connectivity index (χ3n) is 4.62. The molecule has 3 heteroatoms. The number of amides is 1. The highest BCUT2D eigenvalue weighted by Crippen LogP contribution is 2.36. The van der Waals surface area contributed by atoms with E-state index in [2.05, 4.69) is 49.5 Å². The third kappa shape index (κ3) is 2.66. The highest BCUT2D eigenvalue weighted by Gasteiger charge is 2.38. The van der Waals surface area contributed by atoms with Crippen LogP contribution in [0, 0.1) is 11.8 Å². The molecule has 110 valence electrons. The van der Waals surface area contributed by atoms with Crippen LogP contribution in [0.1, 0.15) is 31.9 Å². The molecule has 0 radical (unpaired) electrons. The Morgan fingerprint density at radius 3 is 2.57 bits per heavy atom. The molecule has 4 atom stereocenters. The van der Waals surface area contributed by atoms with Gasteiger partial charge in [-0.05, 0) is 41.7 Å². The number of primary amides is 1. The number of nitrogens with one attached hydrogen (secondary N) is 1. The summed E-state index contributed by atoms with van der Waals surface area (Å²) in [5.74, 6) is -0.0577. The fourth-order valence-corrected chi connectivity index (χ4v) is 3.66. The van der Waals surface area contributed by atoms with E-state index in [1.54, 1.807) is 0 Å². The molecule has 3 N–H and O–H groups in total. The van der Waals surface area contributed by atoms with E-state index in [4.69, 9.17) is 5.73 Å². The van der Waals surface area contributed by atoms with Gasteiger partial charge in [-0.15, -0.1) is 0 Å².